The molecule has 1 aliphatic heterocycles. The zero-order valence-corrected chi connectivity index (χ0v) is 18.5. The summed E-state index contributed by atoms with van der Waals surface area (Å²) in [6.07, 6.45) is 0.998. The molecule has 0 amide bonds. The number of hydrogen-bond donors (Lipinski definition) is 1. The molecule has 2 rings (SSSR count). The molecule has 0 bridgehead atoms. The van der Waals surface area contributed by atoms with Crippen LogP contribution in [0.4, 0.5) is 0 Å². The molecule has 1 aliphatic carbocycles. The molecule has 1 saturated heterocycles. The average molecular weight is 387 g/mol. The monoisotopic (exact) mass is 386 g/mol. The number of aliphatic hydroxyl groups excluding tert-OH is 1. The van der Waals surface area contributed by atoms with Crippen LogP contribution in [0.3, 0.4) is 0 Å². The van der Waals surface area contributed by atoms with E-state index < -0.39 is 20.0 Å². The van der Waals surface area contributed by atoms with Gasteiger partial charge in [-0.3, -0.25) is 0 Å². The van der Waals surface area contributed by atoms with Crippen molar-refractivity contribution in [3.63, 3.8) is 0 Å². The van der Waals surface area contributed by atoms with Crippen molar-refractivity contribution in [2.45, 2.75) is 77.3 Å². The zero-order chi connectivity index (χ0) is 19.6. The molecule has 5 nitrogen and oxygen atoms in total. The molecular weight excluding hydrogens is 348 g/mol. The predicted molar refractivity (Wildman–Crippen MR) is 106 cm³/mol. The van der Waals surface area contributed by atoms with Gasteiger partial charge in [0.15, 0.2) is 5.79 Å². The van der Waals surface area contributed by atoms with Crippen LogP contribution in [-0.2, 0) is 18.9 Å². The highest BCUT2D eigenvalue weighted by Crippen LogP contribution is 2.48. The largest absolute Gasteiger partial charge is 0.389 e. The van der Waals surface area contributed by atoms with E-state index in [0.717, 1.165) is 24.6 Å². The minimum absolute atomic E-state index is 0.00927. The molecule has 0 aromatic carbocycles. The summed E-state index contributed by atoms with van der Waals surface area (Å²) < 4.78 is 23.4. The maximum absolute atomic E-state index is 10.3. The van der Waals surface area contributed by atoms with Crippen molar-refractivity contribution in [1.29, 1.82) is 0 Å². The quantitative estimate of drug-likeness (QED) is 0.298. The van der Waals surface area contributed by atoms with Crippen molar-refractivity contribution in [1.82, 2.24) is 0 Å². The molecule has 2 aliphatic rings. The van der Waals surface area contributed by atoms with Gasteiger partial charge >= 0.3 is 0 Å². The maximum Gasteiger partial charge on any atom is 0.163 e. The molecule has 0 radical (unpaired) electrons. The van der Waals surface area contributed by atoms with Crippen molar-refractivity contribution in [2.75, 3.05) is 26.6 Å². The highest BCUT2D eigenvalue weighted by molar-refractivity contribution is 6.76. The number of hydrogen-bond acceptors (Lipinski definition) is 5. The second kappa shape index (κ2) is 8.41. The van der Waals surface area contributed by atoms with Crippen LogP contribution in [0.1, 0.15) is 33.6 Å². The van der Waals surface area contributed by atoms with Crippen LogP contribution in [0.2, 0.25) is 25.7 Å². The smallest absolute Gasteiger partial charge is 0.163 e. The number of ether oxygens (including phenoxy) is 4. The van der Waals surface area contributed by atoms with Crippen molar-refractivity contribution in [3.8, 4) is 0 Å². The molecule has 4 atom stereocenters. The Kier molecular flexibility index (Phi) is 7.13. The van der Waals surface area contributed by atoms with Gasteiger partial charge in [0.05, 0.1) is 25.4 Å². The van der Waals surface area contributed by atoms with Crippen molar-refractivity contribution in [3.05, 3.63) is 12.2 Å². The summed E-state index contributed by atoms with van der Waals surface area (Å²) >= 11 is 0. The molecule has 26 heavy (non-hydrogen) atoms. The third kappa shape index (κ3) is 5.88. The minimum atomic E-state index is -1.07. The molecule has 1 heterocycles. The molecule has 152 valence electrons. The molecule has 0 aromatic heterocycles. The Balaban J connectivity index is 1.92. The second-order valence-corrected chi connectivity index (χ2v) is 15.4. The highest BCUT2D eigenvalue weighted by Gasteiger charge is 2.50. The van der Waals surface area contributed by atoms with Gasteiger partial charge in [0.25, 0.3) is 0 Å². The van der Waals surface area contributed by atoms with E-state index in [2.05, 4.69) is 33.1 Å². The van der Waals surface area contributed by atoms with E-state index in [-0.39, 0.29) is 17.4 Å². The number of aliphatic hydroxyl groups is 1. The molecule has 0 spiro atoms. The van der Waals surface area contributed by atoms with Gasteiger partial charge in [-0.25, -0.2) is 0 Å². The third-order valence-corrected chi connectivity index (χ3v) is 7.27. The topological polar surface area (TPSA) is 57.2 Å². The first-order valence-electron chi connectivity index (χ1n) is 9.78. The fourth-order valence-corrected chi connectivity index (χ4v) is 4.72. The van der Waals surface area contributed by atoms with Crippen LogP contribution < -0.4 is 0 Å². The van der Waals surface area contributed by atoms with Gasteiger partial charge in [-0.15, -0.1) is 0 Å². The Morgan fingerprint density at radius 1 is 1.23 bits per heavy atom. The summed E-state index contributed by atoms with van der Waals surface area (Å²) in [5.41, 5.74) is 0.695. The minimum Gasteiger partial charge on any atom is -0.389 e. The summed E-state index contributed by atoms with van der Waals surface area (Å²) in [6, 6.07) is 1.14. The van der Waals surface area contributed by atoms with Crippen LogP contribution >= 0.6 is 0 Å². The fraction of sp³-hybridized carbons (Fsp3) is 0.900. The Morgan fingerprint density at radius 2 is 1.92 bits per heavy atom. The Labute approximate surface area is 160 Å². The predicted octanol–water partition coefficient (Wildman–Crippen LogP) is 3.80. The van der Waals surface area contributed by atoms with E-state index in [0.29, 0.717) is 26.4 Å². The zero-order valence-electron chi connectivity index (χ0n) is 17.5. The summed E-state index contributed by atoms with van der Waals surface area (Å²) in [7, 11) is -1.07. The molecule has 6 heteroatoms. The summed E-state index contributed by atoms with van der Waals surface area (Å²) in [6.45, 7) is 19.4. The van der Waals surface area contributed by atoms with Gasteiger partial charge in [-0.2, -0.15) is 0 Å². The normalized spacial score (nSPS) is 35.0. The maximum atomic E-state index is 10.3. The van der Waals surface area contributed by atoms with E-state index in [9.17, 15) is 5.11 Å². The first-order valence-corrected chi connectivity index (χ1v) is 13.5. The van der Waals surface area contributed by atoms with Crippen LogP contribution in [-0.4, -0.2) is 57.8 Å². The van der Waals surface area contributed by atoms with Gasteiger partial charge in [0.1, 0.15) is 6.79 Å². The van der Waals surface area contributed by atoms with Crippen LogP contribution in [0.5, 0.6) is 0 Å². The SMILES string of the molecule is C=C1[C@@H](O)CC[C@@](C)(COCOCC[Si](C)(C)C)[C@@H]1[C@H]1COC(C)(C)O1. The van der Waals surface area contributed by atoms with Gasteiger partial charge in [-0.05, 0) is 38.3 Å². The lowest BCUT2D eigenvalue weighted by molar-refractivity contribution is -0.158. The summed E-state index contributed by atoms with van der Waals surface area (Å²) in [5, 5.41) is 10.3. The molecule has 1 saturated carbocycles. The van der Waals surface area contributed by atoms with Crippen LogP contribution in [0, 0.1) is 11.3 Å². The Morgan fingerprint density at radius 3 is 2.50 bits per heavy atom. The van der Waals surface area contributed by atoms with Crippen molar-refractivity contribution >= 4 is 8.07 Å². The van der Waals surface area contributed by atoms with Gasteiger partial charge < -0.3 is 24.1 Å². The summed E-state index contributed by atoms with van der Waals surface area (Å²) in [4.78, 5) is 0. The second-order valence-electron chi connectivity index (χ2n) is 9.81. The Hall–Kier alpha value is -0.243. The Bertz CT molecular complexity index is 487. The van der Waals surface area contributed by atoms with Gasteiger partial charge in [0, 0.05) is 26.0 Å². The van der Waals surface area contributed by atoms with Crippen molar-refractivity contribution < 1.29 is 24.1 Å². The van der Waals surface area contributed by atoms with E-state index in [1.54, 1.807) is 0 Å². The van der Waals surface area contributed by atoms with Gasteiger partial charge in [-0.1, -0.05) is 33.1 Å². The molecule has 0 aromatic rings. The highest BCUT2D eigenvalue weighted by atomic mass is 28.3. The third-order valence-electron chi connectivity index (χ3n) is 5.56. The van der Waals surface area contributed by atoms with E-state index in [1.807, 2.05) is 13.8 Å². The lowest BCUT2D eigenvalue weighted by Gasteiger charge is -2.46. The van der Waals surface area contributed by atoms with Gasteiger partial charge in [0.2, 0.25) is 0 Å². The van der Waals surface area contributed by atoms with Crippen LogP contribution in [0.25, 0.3) is 0 Å². The van der Waals surface area contributed by atoms with Crippen LogP contribution in [0.15, 0.2) is 12.2 Å². The fourth-order valence-electron chi connectivity index (χ4n) is 3.96. The molecule has 2 fully saturated rings. The molecule has 1 N–H and O–H groups in total. The first kappa shape index (κ1) is 22.1. The first-order chi connectivity index (χ1) is 11.9. The lowest BCUT2D eigenvalue weighted by atomic mass is 9.63. The van der Waals surface area contributed by atoms with E-state index in [1.165, 1.54) is 0 Å². The summed E-state index contributed by atoms with van der Waals surface area (Å²) in [5.74, 6) is -0.579. The lowest BCUT2D eigenvalue weighted by Crippen LogP contribution is -2.48. The van der Waals surface area contributed by atoms with E-state index in [4.69, 9.17) is 18.9 Å². The van der Waals surface area contributed by atoms with E-state index >= 15 is 0 Å². The molecular formula is C20H38O5Si. The standard InChI is InChI=1S/C20H38O5Si/c1-15-16(21)8-9-20(4,13-23-14-22-10-11-26(5,6)7)18(15)17-12-24-19(2,3)25-17/h16-18,21H,1,8-14H2,2-7H3/t16-,17+,18-,20-/m0/s1. The average Bonchev–Trinajstić information content (AvgIpc) is 2.86. The molecule has 0 unspecified atom stereocenters. The van der Waals surface area contributed by atoms with Crippen molar-refractivity contribution in [2.24, 2.45) is 11.3 Å². The number of rotatable bonds is 8.